The number of nitrogens with one attached hydrogen (secondary N) is 1. The fourth-order valence-corrected chi connectivity index (χ4v) is 2.44. The first kappa shape index (κ1) is 15.6. The number of rotatable bonds is 6. The lowest BCUT2D eigenvalue weighted by Crippen LogP contribution is -2.20. The molecule has 112 valence electrons. The average molecular weight is 305 g/mol. The molecule has 0 spiro atoms. The van der Waals surface area contributed by atoms with Crippen LogP contribution in [-0.4, -0.2) is 23.6 Å². The average Bonchev–Trinajstić information content (AvgIpc) is 2.46. The Bertz CT molecular complexity index is 601. The summed E-state index contributed by atoms with van der Waals surface area (Å²) in [6.07, 6.45) is 2.67. The molecule has 0 bridgehead atoms. The van der Waals surface area contributed by atoms with Crippen LogP contribution in [0.4, 0.5) is 11.6 Å². The molecule has 2 rings (SSSR count). The molecule has 0 unspecified atom stereocenters. The Morgan fingerprint density at radius 1 is 1.29 bits per heavy atom. The van der Waals surface area contributed by atoms with Crippen LogP contribution in [0.5, 0.6) is 0 Å². The molecule has 1 aromatic heterocycles. The minimum atomic E-state index is 0.755. The third-order valence-electron chi connectivity index (χ3n) is 3.27. The van der Waals surface area contributed by atoms with Gasteiger partial charge in [0.1, 0.15) is 18.0 Å². The van der Waals surface area contributed by atoms with Crippen molar-refractivity contribution in [3.8, 4) is 0 Å². The monoisotopic (exact) mass is 304 g/mol. The highest BCUT2D eigenvalue weighted by Crippen LogP contribution is 2.23. The Labute approximate surface area is 131 Å². The molecule has 0 atom stereocenters. The number of benzene rings is 1. The topological polar surface area (TPSA) is 41.1 Å². The normalized spacial score (nSPS) is 10.5. The van der Waals surface area contributed by atoms with Gasteiger partial charge >= 0.3 is 0 Å². The predicted molar refractivity (Wildman–Crippen MR) is 89.1 cm³/mol. The van der Waals surface area contributed by atoms with Gasteiger partial charge in [0, 0.05) is 30.7 Å². The van der Waals surface area contributed by atoms with Crippen molar-refractivity contribution in [3.05, 3.63) is 46.7 Å². The molecule has 0 fully saturated rings. The van der Waals surface area contributed by atoms with Crippen LogP contribution in [0.1, 0.15) is 24.5 Å². The molecule has 0 aliphatic carbocycles. The summed E-state index contributed by atoms with van der Waals surface area (Å²) < 4.78 is 0. The van der Waals surface area contributed by atoms with E-state index in [0.29, 0.717) is 0 Å². The molecule has 5 heteroatoms. The third kappa shape index (κ3) is 4.08. The minimum absolute atomic E-state index is 0.755. The Morgan fingerprint density at radius 2 is 2.10 bits per heavy atom. The zero-order valence-corrected chi connectivity index (χ0v) is 13.5. The van der Waals surface area contributed by atoms with E-state index in [1.54, 1.807) is 6.33 Å². The van der Waals surface area contributed by atoms with Gasteiger partial charge in [0.05, 0.1) is 0 Å². The van der Waals surface area contributed by atoms with Crippen molar-refractivity contribution in [2.75, 3.05) is 23.8 Å². The van der Waals surface area contributed by atoms with E-state index in [-0.39, 0.29) is 0 Å². The second-order valence-corrected chi connectivity index (χ2v) is 5.52. The molecule has 0 saturated heterocycles. The molecule has 21 heavy (non-hydrogen) atoms. The summed E-state index contributed by atoms with van der Waals surface area (Å²) >= 11 is 6.03. The summed E-state index contributed by atoms with van der Waals surface area (Å²) in [4.78, 5) is 10.8. The van der Waals surface area contributed by atoms with Gasteiger partial charge in [0.15, 0.2) is 0 Å². The second kappa shape index (κ2) is 7.27. The highest BCUT2D eigenvalue weighted by molar-refractivity contribution is 6.30. The van der Waals surface area contributed by atoms with Gasteiger partial charge in [0.2, 0.25) is 0 Å². The van der Waals surface area contributed by atoms with Crippen molar-refractivity contribution >= 4 is 23.2 Å². The van der Waals surface area contributed by atoms with Gasteiger partial charge in [-0.2, -0.15) is 0 Å². The molecular weight excluding hydrogens is 284 g/mol. The van der Waals surface area contributed by atoms with Crippen LogP contribution in [0.25, 0.3) is 0 Å². The largest absolute Gasteiger partial charge is 0.370 e. The summed E-state index contributed by atoms with van der Waals surface area (Å²) in [6, 6.07) is 7.89. The Hall–Kier alpha value is -1.81. The summed E-state index contributed by atoms with van der Waals surface area (Å²) in [5.74, 6) is 1.84. The van der Waals surface area contributed by atoms with E-state index in [9.17, 15) is 0 Å². The molecule has 0 amide bonds. The number of halogens is 1. The maximum absolute atomic E-state index is 6.03. The van der Waals surface area contributed by atoms with Crippen LogP contribution in [-0.2, 0) is 6.54 Å². The lowest BCUT2D eigenvalue weighted by atomic mass is 10.2. The summed E-state index contributed by atoms with van der Waals surface area (Å²) in [5, 5.41) is 4.09. The number of aromatic nitrogens is 2. The van der Waals surface area contributed by atoms with E-state index in [1.165, 1.54) is 0 Å². The van der Waals surface area contributed by atoms with Gasteiger partial charge in [-0.25, -0.2) is 9.97 Å². The fraction of sp³-hybridized carbons (Fsp3) is 0.375. The quantitative estimate of drug-likeness (QED) is 0.879. The van der Waals surface area contributed by atoms with E-state index >= 15 is 0 Å². The van der Waals surface area contributed by atoms with Crippen molar-refractivity contribution in [2.45, 2.75) is 26.8 Å². The van der Waals surface area contributed by atoms with Gasteiger partial charge in [0.25, 0.3) is 0 Å². The number of hydrogen-bond donors (Lipinski definition) is 1. The van der Waals surface area contributed by atoms with E-state index in [1.807, 2.05) is 32.2 Å². The summed E-state index contributed by atoms with van der Waals surface area (Å²) in [7, 11) is 2.03. The van der Waals surface area contributed by atoms with Crippen LogP contribution in [0, 0.1) is 6.92 Å². The van der Waals surface area contributed by atoms with Crippen LogP contribution < -0.4 is 10.2 Å². The van der Waals surface area contributed by atoms with E-state index in [4.69, 9.17) is 11.6 Å². The summed E-state index contributed by atoms with van der Waals surface area (Å²) in [5.41, 5.74) is 2.22. The van der Waals surface area contributed by atoms with Crippen LogP contribution >= 0.6 is 11.6 Å². The lowest BCUT2D eigenvalue weighted by Gasteiger charge is -2.21. The number of nitrogens with zero attached hydrogens (tertiary/aromatic N) is 3. The first-order valence-corrected chi connectivity index (χ1v) is 7.50. The van der Waals surface area contributed by atoms with Crippen LogP contribution in [0.15, 0.2) is 30.6 Å². The standard InChI is InChI=1S/C16H21ClN4/c1-4-8-18-15-12(2)16(20-11-19-15)21(3)10-13-6-5-7-14(17)9-13/h5-7,9,11H,4,8,10H2,1-3H3,(H,18,19,20). The SMILES string of the molecule is CCCNc1ncnc(N(C)Cc2cccc(Cl)c2)c1C. The van der Waals surface area contributed by atoms with Crippen LogP contribution in [0.2, 0.25) is 5.02 Å². The van der Waals surface area contributed by atoms with Crippen molar-refractivity contribution in [1.82, 2.24) is 9.97 Å². The molecule has 0 aliphatic heterocycles. The van der Waals surface area contributed by atoms with Crippen molar-refractivity contribution < 1.29 is 0 Å². The third-order valence-corrected chi connectivity index (χ3v) is 3.51. The van der Waals surface area contributed by atoms with E-state index in [2.05, 4.69) is 33.2 Å². The van der Waals surface area contributed by atoms with E-state index < -0.39 is 0 Å². The van der Waals surface area contributed by atoms with Crippen molar-refractivity contribution in [2.24, 2.45) is 0 Å². The maximum atomic E-state index is 6.03. The minimum Gasteiger partial charge on any atom is -0.370 e. The van der Waals surface area contributed by atoms with Gasteiger partial charge in [-0.15, -0.1) is 0 Å². The lowest BCUT2D eigenvalue weighted by molar-refractivity contribution is 0.878. The summed E-state index contributed by atoms with van der Waals surface area (Å²) in [6.45, 7) is 5.85. The maximum Gasteiger partial charge on any atom is 0.137 e. The van der Waals surface area contributed by atoms with Gasteiger partial charge < -0.3 is 10.2 Å². The molecule has 2 aromatic rings. The zero-order chi connectivity index (χ0) is 15.2. The highest BCUT2D eigenvalue weighted by atomic mass is 35.5. The first-order valence-electron chi connectivity index (χ1n) is 7.13. The molecule has 1 heterocycles. The molecule has 1 aromatic carbocycles. The van der Waals surface area contributed by atoms with Crippen molar-refractivity contribution in [3.63, 3.8) is 0 Å². The Balaban J connectivity index is 2.17. The highest BCUT2D eigenvalue weighted by Gasteiger charge is 2.11. The van der Waals surface area contributed by atoms with Crippen LogP contribution in [0.3, 0.4) is 0 Å². The van der Waals surface area contributed by atoms with Crippen molar-refractivity contribution in [1.29, 1.82) is 0 Å². The molecule has 0 aliphatic rings. The first-order chi connectivity index (χ1) is 10.1. The Morgan fingerprint density at radius 3 is 2.81 bits per heavy atom. The molecule has 1 N–H and O–H groups in total. The van der Waals surface area contributed by atoms with Gasteiger partial charge in [-0.05, 0) is 31.0 Å². The molecule has 0 saturated carbocycles. The molecule has 4 nitrogen and oxygen atoms in total. The van der Waals surface area contributed by atoms with Gasteiger partial charge in [-0.3, -0.25) is 0 Å². The molecular formula is C16H21ClN4. The smallest absolute Gasteiger partial charge is 0.137 e. The van der Waals surface area contributed by atoms with E-state index in [0.717, 1.165) is 47.3 Å². The fourth-order valence-electron chi connectivity index (χ4n) is 2.23. The second-order valence-electron chi connectivity index (χ2n) is 5.08. The number of hydrogen-bond acceptors (Lipinski definition) is 4. The molecule has 0 radical (unpaired) electrons. The Kier molecular flexibility index (Phi) is 5.39. The predicted octanol–water partition coefficient (Wildman–Crippen LogP) is 3.90. The zero-order valence-electron chi connectivity index (χ0n) is 12.7. The van der Waals surface area contributed by atoms with Gasteiger partial charge in [-0.1, -0.05) is 30.7 Å². The number of anilines is 2.